The van der Waals surface area contributed by atoms with Gasteiger partial charge in [0.2, 0.25) is 0 Å². The van der Waals surface area contributed by atoms with Gasteiger partial charge in [0.15, 0.2) is 0 Å². The molecule has 0 saturated heterocycles. The molecule has 2 aromatic carbocycles. The Bertz CT molecular complexity index is 498. The van der Waals surface area contributed by atoms with Gasteiger partial charge >= 0.3 is 0 Å². The molecule has 0 heterocycles. The van der Waals surface area contributed by atoms with Gasteiger partial charge in [-0.05, 0) is 42.0 Å². The first-order valence-electron chi connectivity index (χ1n) is 5.57. The maximum absolute atomic E-state index is 10.1. The third-order valence-corrected chi connectivity index (χ3v) is 4.16. The Morgan fingerprint density at radius 1 is 1.06 bits per heavy atom. The summed E-state index contributed by atoms with van der Waals surface area (Å²) in [7, 11) is 0. The van der Waals surface area contributed by atoms with E-state index in [1.165, 1.54) is 0 Å². The number of halogens is 1. The number of nitrogens with two attached hydrogens (primary N) is 1. The van der Waals surface area contributed by atoms with Crippen molar-refractivity contribution in [2.24, 2.45) is 0 Å². The lowest BCUT2D eigenvalue weighted by molar-refractivity contribution is 0.204. The zero-order chi connectivity index (χ0) is 13.0. The number of aliphatic hydroxyl groups excluding tert-OH is 1. The smallest absolute Gasteiger partial charge is 0.0883 e. The third-order valence-electron chi connectivity index (χ3n) is 2.54. The molecule has 0 saturated carbocycles. The van der Waals surface area contributed by atoms with E-state index in [-0.39, 0.29) is 0 Å². The van der Waals surface area contributed by atoms with Gasteiger partial charge < -0.3 is 10.8 Å². The van der Waals surface area contributed by atoms with E-state index in [0.717, 1.165) is 14.9 Å². The molecule has 0 radical (unpaired) electrons. The predicted octanol–water partition coefficient (Wildman–Crippen LogP) is 3.86. The highest BCUT2D eigenvalue weighted by atomic mass is 79.9. The van der Waals surface area contributed by atoms with Crippen LogP contribution in [-0.4, -0.2) is 10.9 Å². The molecule has 2 aromatic rings. The van der Waals surface area contributed by atoms with E-state index in [1.54, 1.807) is 11.8 Å². The molecular weight excluding hydrogens is 310 g/mol. The average Bonchev–Trinajstić information content (AvgIpc) is 2.38. The maximum atomic E-state index is 10.1. The summed E-state index contributed by atoms with van der Waals surface area (Å²) in [6, 6.07) is 15.4. The van der Waals surface area contributed by atoms with Crippen molar-refractivity contribution in [2.75, 3.05) is 11.5 Å². The first-order chi connectivity index (χ1) is 8.65. The van der Waals surface area contributed by atoms with Gasteiger partial charge in [-0.1, -0.05) is 28.1 Å². The van der Waals surface area contributed by atoms with E-state index in [4.69, 9.17) is 5.73 Å². The van der Waals surface area contributed by atoms with Gasteiger partial charge in [0, 0.05) is 20.8 Å². The van der Waals surface area contributed by atoms with Crippen molar-refractivity contribution < 1.29 is 5.11 Å². The molecule has 0 spiro atoms. The van der Waals surface area contributed by atoms with Crippen molar-refractivity contribution in [3.05, 3.63) is 58.6 Å². The van der Waals surface area contributed by atoms with E-state index in [2.05, 4.69) is 15.9 Å². The summed E-state index contributed by atoms with van der Waals surface area (Å²) < 4.78 is 1.06. The summed E-state index contributed by atoms with van der Waals surface area (Å²) in [6.07, 6.45) is -0.473. The fourth-order valence-electron chi connectivity index (χ4n) is 1.52. The number of thioether (sulfide) groups is 1. The maximum Gasteiger partial charge on any atom is 0.0883 e. The van der Waals surface area contributed by atoms with Crippen LogP contribution in [-0.2, 0) is 0 Å². The van der Waals surface area contributed by atoms with E-state index in [9.17, 15) is 5.11 Å². The number of hydrogen-bond donors (Lipinski definition) is 2. The minimum Gasteiger partial charge on any atom is -0.399 e. The SMILES string of the molecule is Nc1ccc(C(O)CSc2ccc(Br)cc2)cc1. The first-order valence-corrected chi connectivity index (χ1v) is 7.35. The van der Waals surface area contributed by atoms with E-state index in [0.29, 0.717) is 11.4 Å². The molecule has 0 aliphatic carbocycles. The van der Waals surface area contributed by atoms with Gasteiger partial charge in [-0.25, -0.2) is 0 Å². The van der Waals surface area contributed by atoms with Crippen molar-refractivity contribution in [3.8, 4) is 0 Å². The Balaban J connectivity index is 1.93. The topological polar surface area (TPSA) is 46.2 Å². The molecule has 0 amide bonds. The van der Waals surface area contributed by atoms with Crippen LogP contribution < -0.4 is 5.73 Å². The van der Waals surface area contributed by atoms with Crippen LogP contribution >= 0.6 is 27.7 Å². The van der Waals surface area contributed by atoms with Gasteiger partial charge in [-0.3, -0.25) is 0 Å². The molecule has 2 nitrogen and oxygen atoms in total. The van der Waals surface area contributed by atoms with Crippen molar-refractivity contribution in [1.82, 2.24) is 0 Å². The van der Waals surface area contributed by atoms with Gasteiger partial charge in [-0.15, -0.1) is 11.8 Å². The second-order valence-electron chi connectivity index (χ2n) is 3.95. The molecule has 94 valence electrons. The predicted molar refractivity (Wildman–Crippen MR) is 80.7 cm³/mol. The highest BCUT2D eigenvalue weighted by Gasteiger charge is 2.07. The number of anilines is 1. The quantitative estimate of drug-likeness (QED) is 0.663. The van der Waals surface area contributed by atoms with Crippen LogP contribution in [0.1, 0.15) is 11.7 Å². The lowest BCUT2D eigenvalue weighted by Gasteiger charge is -2.11. The standard InChI is InChI=1S/C14H14BrNOS/c15-11-3-7-13(8-4-11)18-9-14(17)10-1-5-12(16)6-2-10/h1-8,14,17H,9,16H2. The summed E-state index contributed by atoms with van der Waals surface area (Å²) in [4.78, 5) is 1.15. The number of nitrogen functional groups attached to an aromatic ring is 1. The molecule has 2 rings (SSSR count). The van der Waals surface area contributed by atoms with Crippen LogP contribution in [0.3, 0.4) is 0 Å². The monoisotopic (exact) mass is 323 g/mol. The Kier molecular flexibility index (Phi) is 4.69. The van der Waals surface area contributed by atoms with Crippen LogP contribution in [0.4, 0.5) is 5.69 Å². The first kappa shape index (κ1) is 13.5. The largest absolute Gasteiger partial charge is 0.399 e. The lowest BCUT2D eigenvalue weighted by Crippen LogP contribution is -2.00. The van der Waals surface area contributed by atoms with Crippen molar-refractivity contribution in [1.29, 1.82) is 0 Å². The normalized spacial score (nSPS) is 12.3. The molecule has 1 unspecified atom stereocenters. The van der Waals surface area contributed by atoms with Crippen molar-refractivity contribution in [3.63, 3.8) is 0 Å². The van der Waals surface area contributed by atoms with Crippen LogP contribution in [0.15, 0.2) is 57.9 Å². The summed E-state index contributed by atoms with van der Waals surface area (Å²) in [6.45, 7) is 0. The minimum absolute atomic E-state index is 0.473. The van der Waals surface area contributed by atoms with Gasteiger partial charge in [0.25, 0.3) is 0 Å². The number of aliphatic hydroxyl groups is 1. The summed E-state index contributed by atoms with van der Waals surface area (Å²) in [5, 5.41) is 10.1. The summed E-state index contributed by atoms with van der Waals surface area (Å²) >= 11 is 5.03. The van der Waals surface area contributed by atoms with E-state index < -0.39 is 6.10 Å². The molecule has 0 aliphatic heterocycles. The van der Waals surface area contributed by atoms with Crippen LogP contribution in [0.5, 0.6) is 0 Å². The minimum atomic E-state index is -0.473. The second-order valence-corrected chi connectivity index (χ2v) is 5.96. The van der Waals surface area contributed by atoms with Crippen LogP contribution in [0.25, 0.3) is 0 Å². The number of rotatable bonds is 4. The molecule has 18 heavy (non-hydrogen) atoms. The summed E-state index contributed by atoms with van der Waals surface area (Å²) in [5.41, 5.74) is 7.23. The Hall–Kier alpha value is -0.970. The number of hydrogen-bond acceptors (Lipinski definition) is 3. The van der Waals surface area contributed by atoms with E-state index >= 15 is 0 Å². The van der Waals surface area contributed by atoms with Crippen molar-refractivity contribution >= 4 is 33.4 Å². The lowest BCUT2D eigenvalue weighted by atomic mass is 10.1. The van der Waals surface area contributed by atoms with E-state index in [1.807, 2.05) is 48.5 Å². The fraction of sp³-hybridized carbons (Fsp3) is 0.143. The van der Waals surface area contributed by atoms with Gasteiger partial charge in [0.1, 0.15) is 0 Å². The third kappa shape index (κ3) is 3.77. The highest BCUT2D eigenvalue weighted by molar-refractivity contribution is 9.10. The zero-order valence-electron chi connectivity index (χ0n) is 9.71. The van der Waals surface area contributed by atoms with Gasteiger partial charge in [0.05, 0.1) is 6.10 Å². The highest BCUT2D eigenvalue weighted by Crippen LogP contribution is 2.26. The molecule has 0 aromatic heterocycles. The number of benzene rings is 2. The Morgan fingerprint density at radius 2 is 1.67 bits per heavy atom. The Morgan fingerprint density at radius 3 is 2.28 bits per heavy atom. The van der Waals surface area contributed by atoms with Crippen molar-refractivity contribution in [2.45, 2.75) is 11.0 Å². The van der Waals surface area contributed by atoms with Crippen LogP contribution in [0.2, 0.25) is 0 Å². The second kappa shape index (κ2) is 6.27. The molecule has 3 N–H and O–H groups in total. The average molecular weight is 324 g/mol. The molecular formula is C14H14BrNOS. The Labute approximate surface area is 119 Å². The molecule has 4 heteroatoms. The fourth-order valence-corrected chi connectivity index (χ4v) is 2.66. The molecule has 0 bridgehead atoms. The molecule has 0 aliphatic rings. The summed E-state index contributed by atoms with van der Waals surface area (Å²) in [5.74, 6) is 0.631. The van der Waals surface area contributed by atoms with Crippen LogP contribution in [0, 0.1) is 0 Å². The molecule has 1 atom stereocenters. The van der Waals surface area contributed by atoms with Gasteiger partial charge in [-0.2, -0.15) is 0 Å². The molecule has 0 fully saturated rings. The zero-order valence-corrected chi connectivity index (χ0v) is 12.1.